The fourth-order valence-corrected chi connectivity index (χ4v) is 5.08. The van der Waals surface area contributed by atoms with Crippen molar-refractivity contribution in [1.82, 2.24) is 15.3 Å². The van der Waals surface area contributed by atoms with Crippen molar-refractivity contribution >= 4 is 67.8 Å². The third-order valence-electron chi connectivity index (χ3n) is 5.13. The summed E-state index contributed by atoms with van der Waals surface area (Å²) in [6.07, 6.45) is 1.99. The van der Waals surface area contributed by atoms with Crippen LogP contribution in [0, 0.1) is 5.82 Å². The van der Waals surface area contributed by atoms with Crippen LogP contribution in [0.5, 0.6) is 0 Å². The number of hydrogen-bond donors (Lipinski definition) is 3. The highest BCUT2D eigenvalue weighted by Crippen LogP contribution is 2.36. The van der Waals surface area contributed by atoms with Crippen LogP contribution in [-0.2, 0) is 10.0 Å². The quantitative estimate of drug-likeness (QED) is 0.435. The van der Waals surface area contributed by atoms with E-state index < -0.39 is 15.8 Å². The van der Waals surface area contributed by atoms with Crippen LogP contribution < -0.4 is 20.3 Å². The van der Waals surface area contributed by atoms with Gasteiger partial charge >= 0.3 is 0 Å². The lowest BCUT2D eigenvalue weighted by Gasteiger charge is -2.29. The molecular weight excluding hydrogens is 490 g/mol. The molecule has 2 heterocycles. The van der Waals surface area contributed by atoms with E-state index in [4.69, 9.17) is 11.6 Å². The van der Waals surface area contributed by atoms with E-state index >= 15 is 0 Å². The lowest BCUT2D eigenvalue weighted by molar-refractivity contribution is 0.586. The molecule has 3 aromatic rings. The van der Waals surface area contributed by atoms with Crippen molar-refractivity contribution in [3.05, 3.63) is 47.5 Å². The molecule has 1 saturated heterocycles. The zero-order valence-electron chi connectivity index (χ0n) is 17.9. The number of fused-ring (bicyclic) bond motifs is 1. The fourth-order valence-electron chi connectivity index (χ4n) is 3.63. The first-order valence-corrected chi connectivity index (χ1v) is 12.4. The summed E-state index contributed by atoms with van der Waals surface area (Å²) in [7, 11) is -3.57. The van der Waals surface area contributed by atoms with Gasteiger partial charge in [-0.05, 0) is 36.8 Å². The third kappa shape index (κ3) is 5.75. The SMILES string of the molecule is CCCS(=O)(=O)Nc1ccc(F)c(Nc2ccc3ncnc(N4CCNCC4)c3c2)c1Cl.Cl. The summed E-state index contributed by atoms with van der Waals surface area (Å²) < 4.78 is 41.3. The summed E-state index contributed by atoms with van der Waals surface area (Å²) in [5.74, 6) is 0.163. The van der Waals surface area contributed by atoms with E-state index in [9.17, 15) is 12.8 Å². The van der Waals surface area contributed by atoms with Gasteiger partial charge in [0.15, 0.2) is 0 Å². The molecule has 4 rings (SSSR count). The van der Waals surface area contributed by atoms with Crippen molar-refractivity contribution in [2.24, 2.45) is 0 Å². The monoisotopic (exact) mass is 514 g/mol. The molecule has 178 valence electrons. The molecule has 0 spiro atoms. The zero-order valence-corrected chi connectivity index (χ0v) is 20.3. The van der Waals surface area contributed by atoms with E-state index in [1.54, 1.807) is 13.0 Å². The lowest BCUT2D eigenvalue weighted by Crippen LogP contribution is -2.44. The Morgan fingerprint density at radius 3 is 2.67 bits per heavy atom. The zero-order chi connectivity index (χ0) is 22.7. The Morgan fingerprint density at radius 1 is 1.18 bits per heavy atom. The number of piperazine rings is 1. The number of hydrogen-bond acceptors (Lipinski definition) is 7. The van der Waals surface area contributed by atoms with Crippen LogP contribution in [-0.4, -0.2) is 50.3 Å². The van der Waals surface area contributed by atoms with Crippen molar-refractivity contribution in [1.29, 1.82) is 0 Å². The van der Waals surface area contributed by atoms with Gasteiger partial charge in [-0.15, -0.1) is 12.4 Å². The fraction of sp³-hybridized carbons (Fsp3) is 0.333. The van der Waals surface area contributed by atoms with Crippen LogP contribution in [0.2, 0.25) is 5.02 Å². The minimum Gasteiger partial charge on any atom is -0.353 e. The Labute approximate surface area is 203 Å². The number of anilines is 4. The van der Waals surface area contributed by atoms with E-state index in [0.717, 1.165) is 42.9 Å². The Balaban J connectivity index is 0.00000306. The predicted molar refractivity (Wildman–Crippen MR) is 134 cm³/mol. The second-order valence-corrected chi connectivity index (χ2v) is 9.72. The molecule has 8 nitrogen and oxygen atoms in total. The van der Waals surface area contributed by atoms with Crippen molar-refractivity contribution in [2.45, 2.75) is 13.3 Å². The van der Waals surface area contributed by atoms with Gasteiger partial charge in [0.05, 0.1) is 27.7 Å². The van der Waals surface area contributed by atoms with E-state index in [0.29, 0.717) is 12.1 Å². The van der Waals surface area contributed by atoms with Crippen LogP contribution in [0.3, 0.4) is 0 Å². The van der Waals surface area contributed by atoms with Gasteiger partial charge in [0.25, 0.3) is 0 Å². The number of benzene rings is 2. The Bertz CT molecular complexity index is 1240. The average Bonchev–Trinajstić information content (AvgIpc) is 2.78. The van der Waals surface area contributed by atoms with Crippen LogP contribution >= 0.6 is 24.0 Å². The minimum atomic E-state index is -3.57. The van der Waals surface area contributed by atoms with Crippen LogP contribution in [0.15, 0.2) is 36.7 Å². The molecule has 0 saturated carbocycles. The van der Waals surface area contributed by atoms with Gasteiger partial charge in [0, 0.05) is 37.3 Å². The summed E-state index contributed by atoms with van der Waals surface area (Å²) >= 11 is 6.37. The highest BCUT2D eigenvalue weighted by atomic mass is 35.5. The predicted octanol–water partition coefficient (Wildman–Crippen LogP) is 4.15. The molecular formula is C21H25Cl2FN6O2S. The van der Waals surface area contributed by atoms with Gasteiger partial charge in [0.2, 0.25) is 10.0 Å². The van der Waals surface area contributed by atoms with Gasteiger partial charge in [-0.1, -0.05) is 18.5 Å². The van der Waals surface area contributed by atoms with E-state index in [1.807, 2.05) is 12.1 Å². The van der Waals surface area contributed by atoms with Gasteiger partial charge in [-0.25, -0.2) is 22.8 Å². The van der Waals surface area contributed by atoms with Crippen molar-refractivity contribution < 1.29 is 12.8 Å². The summed E-state index contributed by atoms with van der Waals surface area (Å²) in [5, 5.41) is 7.09. The number of aromatic nitrogens is 2. The minimum absolute atomic E-state index is 0. The Kier molecular flexibility index (Phi) is 8.17. The largest absolute Gasteiger partial charge is 0.353 e. The van der Waals surface area contributed by atoms with Gasteiger partial charge in [-0.2, -0.15) is 0 Å². The van der Waals surface area contributed by atoms with E-state index in [2.05, 4.69) is 30.2 Å². The van der Waals surface area contributed by atoms with Gasteiger partial charge in [0.1, 0.15) is 18.0 Å². The lowest BCUT2D eigenvalue weighted by atomic mass is 10.1. The van der Waals surface area contributed by atoms with Crippen molar-refractivity contribution in [3.8, 4) is 0 Å². The van der Waals surface area contributed by atoms with Crippen LogP contribution in [0.25, 0.3) is 10.9 Å². The molecule has 12 heteroatoms. The number of nitrogens with zero attached hydrogens (tertiary/aromatic N) is 3. The maximum absolute atomic E-state index is 14.6. The molecule has 3 N–H and O–H groups in total. The summed E-state index contributed by atoms with van der Waals surface area (Å²) in [5.41, 5.74) is 1.46. The van der Waals surface area contributed by atoms with Gasteiger partial charge < -0.3 is 15.5 Å². The highest BCUT2D eigenvalue weighted by molar-refractivity contribution is 7.92. The third-order valence-corrected chi connectivity index (χ3v) is 7.00. The molecule has 1 aromatic heterocycles. The molecule has 0 bridgehead atoms. The number of nitrogens with one attached hydrogen (secondary N) is 3. The first-order chi connectivity index (χ1) is 15.4. The molecule has 1 fully saturated rings. The summed E-state index contributed by atoms with van der Waals surface area (Å²) in [4.78, 5) is 11.0. The second kappa shape index (κ2) is 10.7. The molecule has 0 atom stereocenters. The molecule has 0 unspecified atom stereocenters. The Hall–Kier alpha value is -2.40. The van der Waals surface area contributed by atoms with Crippen LogP contribution in [0.4, 0.5) is 27.3 Å². The van der Waals surface area contributed by atoms with E-state index in [-0.39, 0.29) is 34.6 Å². The van der Waals surface area contributed by atoms with Crippen molar-refractivity contribution in [2.75, 3.05) is 46.9 Å². The average molecular weight is 515 g/mol. The molecule has 1 aliphatic heterocycles. The first-order valence-electron chi connectivity index (χ1n) is 10.3. The first kappa shape index (κ1) is 25.2. The highest BCUT2D eigenvalue weighted by Gasteiger charge is 2.18. The number of sulfonamides is 1. The molecule has 1 aliphatic rings. The molecule has 33 heavy (non-hydrogen) atoms. The standard InChI is InChI=1S/C21H24ClFN6O2S.ClH/c1-2-11-32(30,31)28-18-6-4-16(23)20(19(18)22)27-14-3-5-17-15(12-14)21(26-13-25-17)29-9-7-24-8-10-29;/h3-6,12-13,24,27-28H,2,7-11H2,1H3;1H. The maximum atomic E-state index is 14.6. The van der Waals surface area contributed by atoms with E-state index in [1.165, 1.54) is 18.5 Å². The van der Waals surface area contributed by atoms with Crippen molar-refractivity contribution in [3.63, 3.8) is 0 Å². The number of rotatable bonds is 7. The summed E-state index contributed by atoms with van der Waals surface area (Å²) in [6.45, 7) is 5.14. The number of halogens is 3. The second-order valence-electron chi connectivity index (χ2n) is 7.50. The Morgan fingerprint density at radius 2 is 1.94 bits per heavy atom. The normalized spacial score (nSPS) is 14.1. The smallest absolute Gasteiger partial charge is 0.232 e. The van der Waals surface area contributed by atoms with Crippen LogP contribution in [0.1, 0.15) is 13.3 Å². The van der Waals surface area contributed by atoms with Gasteiger partial charge in [-0.3, -0.25) is 4.72 Å². The molecule has 0 amide bonds. The summed E-state index contributed by atoms with van der Waals surface area (Å²) in [6, 6.07) is 7.92. The molecule has 0 aliphatic carbocycles. The maximum Gasteiger partial charge on any atom is 0.232 e. The topological polar surface area (TPSA) is 99.2 Å². The molecule has 0 radical (unpaired) electrons. The molecule has 2 aromatic carbocycles.